The number of azide groups is 1. The summed E-state index contributed by atoms with van der Waals surface area (Å²) in [6.45, 7) is 1.08. The highest BCUT2D eigenvalue weighted by Gasteiger charge is 2.29. The van der Waals surface area contributed by atoms with Crippen molar-refractivity contribution in [3.05, 3.63) is 35.0 Å². The first kappa shape index (κ1) is 11.8. The minimum atomic E-state index is -0.0464. The molecule has 0 aliphatic carbocycles. The molecule has 1 aliphatic heterocycles. The maximum atomic E-state index is 11.7. The Morgan fingerprint density at radius 1 is 1.59 bits per heavy atom. The van der Waals surface area contributed by atoms with E-state index in [9.17, 15) is 4.79 Å². The maximum absolute atomic E-state index is 11.7. The Morgan fingerprint density at radius 2 is 2.29 bits per heavy atom. The van der Waals surface area contributed by atoms with Crippen LogP contribution in [0.25, 0.3) is 10.4 Å². The van der Waals surface area contributed by atoms with Crippen LogP contribution < -0.4 is 0 Å². The van der Waals surface area contributed by atoms with Crippen molar-refractivity contribution >= 4 is 17.7 Å². The number of aromatic nitrogens is 1. The minimum absolute atomic E-state index is 0.0464. The van der Waals surface area contributed by atoms with E-state index in [2.05, 4.69) is 15.0 Å². The van der Waals surface area contributed by atoms with E-state index in [1.807, 2.05) is 12.1 Å². The highest BCUT2D eigenvalue weighted by atomic mass is 32.2. The van der Waals surface area contributed by atoms with Gasteiger partial charge in [0.05, 0.1) is 11.8 Å². The Kier molecular flexibility index (Phi) is 3.85. The number of carbonyl (C=O) groups is 1. The van der Waals surface area contributed by atoms with Crippen LogP contribution in [0.4, 0.5) is 0 Å². The fraction of sp³-hybridized carbons (Fsp3) is 0.400. The van der Waals surface area contributed by atoms with Crippen LogP contribution in [0, 0.1) is 0 Å². The lowest BCUT2D eigenvalue weighted by atomic mass is 10.1. The smallest absolute Gasteiger partial charge is 0.232 e. The zero-order valence-electron chi connectivity index (χ0n) is 9.06. The SMILES string of the molecule is [N-]=[N+]=NC1CN(C(=O)CSc2ccncc2)C1. The van der Waals surface area contributed by atoms with Crippen molar-refractivity contribution in [2.45, 2.75) is 10.9 Å². The van der Waals surface area contributed by atoms with Gasteiger partial charge in [-0.1, -0.05) is 5.11 Å². The van der Waals surface area contributed by atoms with Gasteiger partial charge in [0.15, 0.2) is 0 Å². The molecule has 1 saturated heterocycles. The van der Waals surface area contributed by atoms with E-state index in [4.69, 9.17) is 5.53 Å². The summed E-state index contributed by atoms with van der Waals surface area (Å²) in [4.78, 5) is 21.1. The number of likely N-dealkylation sites (tertiary alicyclic amines) is 1. The van der Waals surface area contributed by atoms with Gasteiger partial charge in [-0.15, -0.1) is 11.8 Å². The van der Waals surface area contributed by atoms with Crippen molar-refractivity contribution in [3.8, 4) is 0 Å². The van der Waals surface area contributed by atoms with Crippen molar-refractivity contribution in [2.24, 2.45) is 5.11 Å². The zero-order chi connectivity index (χ0) is 12.1. The molecule has 0 atom stereocenters. The summed E-state index contributed by atoms with van der Waals surface area (Å²) in [5.41, 5.74) is 8.22. The minimum Gasteiger partial charge on any atom is -0.341 e. The van der Waals surface area contributed by atoms with Crippen LogP contribution in [-0.2, 0) is 4.79 Å². The quantitative estimate of drug-likeness (QED) is 0.352. The van der Waals surface area contributed by atoms with Gasteiger partial charge in [0.2, 0.25) is 5.91 Å². The van der Waals surface area contributed by atoms with E-state index in [1.54, 1.807) is 17.3 Å². The summed E-state index contributed by atoms with van der Waals surface area (Å²) in [6.07, 6.45) is 3.40. The van der Waals surface area contributed by atoms with Crippen molar-refractivity contribution in [1.82, 2.24) is 9.88 Å². The van der Waals surface area contributed by atoms with Crippen LogP contribution in [0.2, 0.25) is 0 Å². The molecule has 88 valence electrons. The molecule has 1 fully saturated rings. The molecule has 1 aromatic heterocycles. The van der Waals surface area contributed by atoms with Crippen LogP contribution in [-0.4, -0.2) is 40.7 Å². The Hall–Kier alpha value is -1.72. The van der Waals surface area contributed by atoms with Gasteiger partial charge in [-0.05, 0) is 17.7 Å². The third-order valence-corrected chi connectivity index (χ3v) is 3.44. The second-order valence-electron chi connectivity index (χ2n) is 3.63. The molecule has 0 bridgehead atoms. The predicted octanol–water partition coefficient (Wildman–Crippen LogP) is 1.69. The molecule has 6 nitrogen and oxygen atoms in total. The number of rotatable bonds is 4. The van der Waals surface area contributed by atoms with Gasteiger partial charge < -0.3 is 4.90 Å². The van der Waals surface area contributed by atoms with E-state index in [-0.39, 0.29) is 11.9 Å². The fourth-order valence-corrected chi connectivity index (χ4v) is 2.26. The molecule has 0 aromatic carbocycles. The molecule has 2 heterocycles. The van der Waals surface area contributed by atoms with E-state index >= 15 is 0 Å². The van der Waals surface area contributed by atoms with E-state index < -0.39 is 0 Å². The Bertz CT molecular complexity index is 439. The molecule has 2 rings (SSSR count). The van der Waals surface area contributed by atoms with Gasteiger partial charge in [-0.3, -0.25) is 9.78 Å². The lowest BCUT2D eigenvalue weighted by Crippen LogP contribution is -2.53. The van der Waals surface area contributed by atoms with Crippen molar-refractivity contribution in [2.75, 3.05) is 18.8 Å². The number of nitrogens with zero attached hydrogens (tertiary/aromatic N) is 5. The molecular formula is C10H11N5OS. The molecule has 1 aliphatic rings. The second-order valence-corrected chi connectivity index (χ2v) is 4.68. The molecule has 1 amide bonds. The molecule has 17 heavy (non-hydrogen) atoms. The van der Waals surface area contributed by atoms with Crippen LogP contribution in [0.1, 0.15) is 0 Å². The number of amides is 1. The van der Waals surface area contributed by atoms with Crippen LogP contribution in [0.3, 0.4) is 0 Å². The highest BCUT2D eigenvalue weighted by molar-refractivity contribution is 8.00. The summed E-state index contributed by atoms with van der Waals surface area (Å²) in [5.74, 6) is 0.490. The first-order chi connectivity index (χ1) is 8.29. The average Bonchev–Trinajstić information content (AvgIpc) is 2.31. The van der Waals surface area contributed by atoms with Crippen LogP contribution >= 0.6 is 11.8 Å². The van der Waals surface area contributed by atoms with Gasteiger partial charge in [0.1, 0.15) is 0 Å². The highest BCUT2D eigenvalue weighted by Crippen LogP contribution is 2.19. The predicted molar refractivity (Wildman–Crippen MR) is 64.5 cm³/mol. The Balaban J connectivity index is 1.74. The standard InChI is InChI=1S/C10H11N5OS/c11-14-13-8-5-15(6-8)10(16)7-17-9-1-3-12-4-2-9/h1-4,8H,5-7H2. The zero-order valence-corrected chi connectivity index (χ0v) is 9.88. The molecule has 0 saturated carbocycles. The van der Waals surface area contributed by atoms with Crippen molar-refractivity contribution < 1.29 is 4.79 Å². The summed E-state index contributed by atoms with van der Waals surface area (Å²) in [5, 5.41) is 3.55. The summed E-state index contributed by atoms with van der Waals surface area (Å²) in [6, 6.07) is 3.70. The normalized spacial score (nSPS) is 14.9. The number of hydrogen-bond donors (Lipinski definition) is 0. The molecule has 0 unspecified atom stereocenters. The average molecular weight is 249 g/mol. The molecule has 0 N–H and O–H groups in total. The molecular weight excluding hydrogens is 238 g/mol. The maximum Gasteiger partial charge on any atom is 0.232 e. The monoisotopic (exact) mass is 249 g/mol. The van der Waals surface area contributed by atoms with Gasteiger partial charge in [-0.2, -0.15) is 0 Å². The number of hydrogen-bond acceptors (Lipinski definition) is 4. The van der Waals surface area contributed by atoms with Crippen LogP contribution in [0.15, 0.2) is 34.5 Å². The topological polar surface area (TPSA) is 82.0 Å². The van der Waals surface area contributed by atoms with Gasteiger partial charge in [0, 0.05) is 35.3 Å². The van der Waals surface area contributed by atoms with Crippen molar-refractivity contribution in [1.29, 1.82) is 0 Å². The van der Waals surface area contributed by atoms with Crippen LogP contribution in [0.5, 0.6) is 0 Å². The van der Waals surface area contributed by atoms with E-state index in [0.717, 1.165) is 4.90 Å². The first-order valence-electron chi connectivity index (χ1n) is 5.14. The third-order valence-electron chi connectivity index (χ3n) is 2.44. The lowest BCUT2D eigenvalue weighted by molar-refractivity contribution is -0.132. The lowest BCUT2D eigenvalue weighted by Gasteiger charge is -2.36. The summed E-state index contributed by atoms with van der Waals surface area (Å²) < 4.78 is 0. The molecule has 0 radical (unpaired) electrons. The summed E-state index contributed by atoms with van der Waals surface area (Å²) >= 11 is 1.49. The molecule has 1 aromatic rings. The van der Waals surface area contributed by atoms with E-state index in [0.29, 0.717) is 18.8 Å². The number of carbonyl (C=O) groups excluding carboxylic acids is 1. The molecule has 0 spiro atoms. The summed E-state index contributed by atoms with van der Waals surface area (Å²) in [7, 11) is 0. The fourth-order valence-electron chi connectivity index (χ4n) is 1.48. The number of thioether (sulfide) groups is 1. The Labute approximate surface area is 103 Å². The van der Waals surface area contributed by atoms with E-state index in [1.165, 1.54) is 11.8 Å². The van der Waals surface area contributed by atoms with Gasteiger partial charge in [0.25, 0.3) is 0 Å². The Morgan fingerprint density at radius 3 is 2.94 bits per heavy atom. The third kappa shape index (κ3) is 3.12. The largest absolute Gasteiger partial charge is 0.341 e. The first-order valence-corrected chi connectivity index (χ1v) is 6.13. The second kappa shape index (κ2) is 5.56. The number of pyridine rings is 1. The molecule has 7 heteroatoms. The van der Waals surface area contributed by atoms with Gasteiger partial charge >= 0.3 is 0 Å². The van der Waals surface area contributed by atoms with Gasteiger partial charge in [-0.25, -0.2) is 0 Å². The van der Waals surface area contributed by atoms with Crippen molar-refractivity contribution in [3.63, 3.8) is 0 Å².